The molecular formula is C32H48AgN2O6. The van der Waals surface area contributed by atoms with E-state index in [4.69, 9.17) is 18.9 Å². The average Bonchev–Trinajstić information content (AvgIpc) is 3.67. The van der Waals surface area contributed by atoms with Crippen molar-refractivity contribution < 1.29 is 50.9 Å². The maximum absolute atomic E-state index is 12.2. The topological polar surface area (TPSA) is 103 Å². The van der Waals surface area contributed by atoms with E-state index in [1.807, 2.05) is 13.8 Å². The Balaban J connectivity index is 0.00000131. The summed E-state index contributed by atoms with van der Waals surface area (Å²) in [5.74, 6) is 2.11. The Morgan fingerprint density at radius 2 is 1.39 bits per heavy atom. The van der Waals surface area contributed by atoms with Gasteiger partial charge in [-0.15, -0.1) is 12.3 Å². The van der Waals surface area contributed by atoms with Crippen LogP contribution in [-0.4, -0.2) is 59.5 Å². The minimum absolute atomic E-state index is 0. The first-order valence-corrected chi connectivity index (χ1v) is 14.4. The van der Waals surface area contributed by atoms with Crippen molar-refractivity contribution in [3.63, 3.8) is 0 Å². The number of H-pyrrole nitrogens is 2. The summed E-state index contributed by atoms with van der Waals surface area (Å²) >= 11 is 0. The van der Waals surface area contributed by atoms with E-state index in [-0.39, 0.29) is 83.3 Å². The molecule has 0 bridgehead atoms. The average molecular weight is 665 g/mol. The van der Waals surface area contributed by atoms with Crippen LogP contribution in [0.25, 0.3) is 0 Å². The zero-order valence-electron chi connectivity index (χ0n) is 25.5. The van der Waals surface area contributed by atoms with E-state index < -0.39 is 0 Å². The molecule has 4 rings (SSSR count). The molecule has 8 nitrogen and oxygen atoms in total. The van der Waals surface area contributed by atoms with Gasteiger partial charge >= 0.3 is 11.9 Å². The third-order valence-corrected chi connectivity index (χ3v) is 7.12. The number of esters is 2. The van der Waals surface area contributed by atoms with Gasteiger partial charge in [0.05, 0.1) is 24.4 Å². The van der Waals surface area contributed by atoms with E-state index in [2.05, 4.69) is 50.0 Å². The van der Waals surface area contributed by atoms with Crippen LogP contribution in [0.5, 0.6) is 0 Å². The van der Waals surface area contributed by atoms with Crippen LogP contribution in [0.3, 0.4) is 0 Å². The van der Waals surface area contributed by atoms with Gasteiger partial charge in [-0.2, -0.15) is 0 Å². The Hall–Kier alpha value is -2.28. The number of aromatic nitrogens is 2. The minimum Gasteiger partial charge on any atom is -0.458 e. The maximum atomic E-state index is 12.2. The molecule has 2 saturated heterocycles. The van der Waals surface area contributed by atoms with Crippen molar-refractivity contribution in [1.82, 2.24) is 9.97 Å². The summed E-state index contributed by atoms with van der Waals surface area (Å²) in [5.41, 5.74) is 0.781. The van der Waals surface area contributed by atoms with Gasteiger partial charge in [0.15, 0.2) is 0 Å². The van der Waals surface area contributed by atoms with Crippen molar-refractivity contribution in [2.75, 3.05) is 13.2 Å². The van der Waals surface area contributed by atoms with E-state index in [9.17, 15) is 9.59 Å². The summed E-state index contributed by atoms with van der Waals surface area (Å²) in [6.45, 7) is 14.9. The van der Waals surface area contributed by atoms with Gasteiger partial charge in [-0.05, 0) is 68.2 Å². The van der Waals surface area contributed by atoms with Gasteiger partial charge in [-0.3, -0.25) is 0 Å². The Labute approximate surface area is 261 Å². The number of terminal acetylenes is 1. The van der Waals surface area contributed by atoms with Crippen molar-refractivity contribution in [3.8, 4) is 12.3 Å². The van der Waals surface area contributed by atoms with Crippen LogP contribution in [-0.2, 0) is 41.3 Å². The monoisotopic (exact) mass is 663 g/mol. The smallest absolute Gasteiger partial charge is 0.354 e. The van der Waals surface area contributed by atoms with E-state index in [1.165, 1.54) is 0 Å². The summed E-state index contributed by atoms with van der Waals surface area (Å²) in [6.07, 6.45) is 11.3. The molecule has 6 unspecified atom stereocenters. The largest absolute Gasteiger partial charge is 0.458 e. The van der Waals surface area contributed by atoms with Gasteiger partial charge in [0, 0.05) is 40.7 Å². The van der Waals surface area contributed by atoms with E-state index >= 15 is 0 Å². The first-order chi connectivity index (χ1) is 19.1. The predicted molar refractivity (Wildman–Crippen MR) is 156 cm³/mol. The molecule has 2 N–H and O–H groups in total. The van der Waals surface area contributed by atoms with Crippen LogP contribution < -0.4 is 0 Å². The number of hydrogen-bond donors (Lipinski definition) is 2. The fraction of sp³-hybridized carbons (Fsp3) is 0.625. The third-order valence-electron chi connectivity index (χ3n) is 7.12. The van der Waals surface area contributed by atoms with E-state index in [1.54, 1.807) is 43.6 Å². The van der Waals surface area contributed by atoms with Crippen LogP contribution in [0, 0.1) is 29.6 Å². The fourth-order valence-corrected chi connectivity index (χ4v) is 5.30. The SMILES string of the molecule is C#CC.CC.CC1CCC(COC(=O)c2ccc[nH]2)OC1C1CCC(COC(=O)c2ccc[nH]2)OC1C(C)(C)C.[Ag]. The molecule has 2 aromatic rings. The zero-order valence-corrected chi connectivity index (χ0v) is 27.0. The molecule has 233 valence electrons. The molecule has 2 aliphatic rings. The normalized spacial score (nSPS) is 25.5. The second kappa shape index (κ2) is 18.3. The van der Waals surface area contributed by atoms with Gasteiger partial charge in [0.1, 0.15) is 24.6 Å². The van der Waals surface area contributed by atoms with Gasteiger partial charge in [-0.1, -0.05) is 41.5 Å². The molecule has 0 aliphatic carbocycles. The second-order valence-electron chi connectivity index (χ2n) is 11.2. The molecule has 1 radical (unpaired) electrons. The van der Waals surface area contributed by atoms with Crippen molar-refractivity contribution in [3.05, 3.63) is 48.0 Å². The van der Waals surface area contributed by atoms with Crippen LogP contribution >= 0.6 is 0 Å². The number of rotatable bonds is 7. The van der Waals surface area contributed by atoms with Crippen LogP contribution in [0.4, 0.5) is 0 Å². The first kappa shape index (κ1) is 36.7. The molecule has 6 atom stereocenters. The number of ether oxygens (including phenoxy) is 4. The minimum atomic E-state index is -0.367. The molecule has 9 heteroatoms. The first-order valence-electron chi connectivity index (χ1n) is 14.4. The maximum Gasteiger partial charge on any atom is 0.354 e. The van der Waals surface area contributed by atoms with Crippen LogP contribution in [0.2, 0.25) is 0 Å². The van der Waals surface area contributed by atoms with E-state index in [0.29, 0.717) is 17.3 Å². The molecule has 2 fully saturated rings. The molecule has 2 aromatic heterocycles. The van der Waals surface area contributed by atoms with Crippen LogP contribution in [0.15, 0.2) is 36.7 Å². The summed E-state index contributed by atoms with van der Waals surface area (Å²) in [5, 5.41) is 0. The molecule has 4 heterocycles. The number of aromatic amines is 2. The predicted octanol–water partition coefficient (Wildman–Crippen LogP) is 6.41. The molecule has 0 spiro atoms. The number of carbonyl (C=O) groups is 2. The van der Waals surface area contributed by atoms with Crippen LogP contribution in [0.1, 0.15) is 95.1 Å². The van der Waals surface area contributed by atoms with Gasteiger partial charge in [0.2, 0.25) is 0 Å². The molecule has 0 saturated carbocycles. The third kappa shape index (κ3) is 11.1. The number of nitrogens with one attached hydrogen (secondary N) is 2. The van der Waals surface area contributed by atoms with Crippen molar-refractivity contribution >= 4 is 11.9 Å². The summed E-state index contributed by atoms with van der Waals surface area (Å²) in [6, 6.07) is 6.95. The van der Waals surface area contributed by atoms with Crippen molar-refractivity contribution in [2.24, 2.45) is 17.3 Å². The molecule has 0 amide bonds. The summed E-state index contributed by atoms with van der Waals surface area (Å²) in [4.78, 5) is 30.2. The molecule has 0 aromatic carbocycles. The Morgan fingerprint density at radius 3 is 1.83 bits per heavy atom. The summed E-state index contributed by atoms with van der Waals surface area (Å²) < 4.78 is 24.1. The number of hydrogen-bond acceptors (Lipinski definition) is 6. The van der Waals surface area contributed by atoms with E-state index in [0.717, 1.165) is 25.7 Å². The molecule has 2 aliphatic heterocycles. The molecular weight excluding hydrogens is 616 g/mol. The Kier molecular flexibility index (Phi) is 16.4. The van der Waals surface area contributed by atoms with Gasteiger partial charge in [-0.25, -0.2) is 9.59 Å². The zero-order chi connectivity index (χ0) is 29.7. The number of carbonyl (C=O) groups excluding carboxylic acids is 2. The fourth-order valence-electron chi connectivity index (χ4n) is 5.30. The van der Waals surface area contributed by atoms with Crippen molar-refractivity contribution in [1.29, 1.82) is 0 Å². The quantitative estimate of drug-likeness (QED) is 0.202. The van der Waals surface area contributed by atoms with Gasteiger partial charge < -0.3 is 28.9 Å². The molecule has 41 heavy (non-hydrogen) atoms. The standard InChI is InChI=1S/C27H38N2O6.C3H4.C2H6.Ag/c1-17-9-10-18(15-32-25(30)21-7-5-13-28-21)34-23(17)20-12-11-19(35-24(20)27(2,3)4)16-33-26(31)22-8-6-14-29-22;1-3-2;1-2;/h5-8,13-14,17-20,23-24,28-29H,9-12,15-16H2,1-4H3;1H,2H3;1-2H3;. The Morgan fingerprint density at radius 1 is 0.927 bits per heavy atom. The summed E-state index contributed by atoms with van der Waals surface area (Å²) in [7, 11) is 0. The van der Waals surface area contributed by atoms with Gasteiger partial charge in [0.25, 0.3) is 0 Å². The van der Waals surface area contributed by atoms with Crippen molar-refractivity contribution in [2.45, 2.75) is 98.6 Å². The second-order valence-corrected chi connectivity index (χ2v) is 11.2. The Bertz CT molecular complexity index is 1040.